The molecule has 1 aliphatic carbocycles. The molecule has 0 radical (unpaired) electrons. The second-order valence-corrected chi connectivity index (χ2v) is 7.94. The highest BCUT2D eigenvalue weighted by atomic mass is 79.9. The normalized spacial score (nSPS) is 23.5. The number of hydrogen-bond donors (Lipinski definition) is 1. The van der Waals surface area contributed by atoms with Crippen molar-refractivity contribution in [2.45, 2.75) is 25.3 Å². The van der Waals surface area contributed by atoms with Crippen molar-refractivity contribution in [1.82, 2.24) is 0 Å². The monoisotopic (exact) mass is 395 g/mol. The van der Waals surface area contributed by atoms with Crippen LogP contribution in [0.15, 0.2) is 71.2 Å². The minimum Gasteiger partial charge on any atom is -0.489 e. The molecule has 0 saturated heterocycles. The molecule has 3 unspecified atom stereocenters. The lowest BCUT2D eigenvalue weighted by molar-refractivity contribution is 0.350. The molecule has 0 bridgehead atoms. The van der Waals surface area contributed by atoms with Crippen molar-refractivity contribution in [3.63, 3.8) is 0 Å². The van der Waals surface area contributed by atoms with Crippen LogP contribution in [0.1, 0.15) is 36.4 Å². The first kappa shape index (κ1) is 16.5. The molecule has 0 saturated carbocycles. The van der Waals surface area contributed by atoms with E-state index in [2.05, 4.69) is 76.4 Å². The average molecular weight is 396 g/mol. The number of rotatable bonds is 4. The van der Waals surface area contributed by atoms with E-state index in [1.165, 1.54) is 16.8 Å². The van der Waals surface area contributed by atoms with Gasteiger partial charge in [0.1, 0.15) is 12.4 Å². The van der Waals surface area contributed by atoms with E-state index in [1.54, 1.807) is 0 Å². The average Bonchev–Trinajstić information content (AvgIpc) is 3.10. The van der Waals surface area contributed by atoms with Crippen molar-refractivity contribution in [1.29, 1.82) is 0 Å². The van der Waals surface area contributed by atoms with E-state index in [0.717, 1.165) is 22.2 Å². The van der Waals surface area contributed by atoms with Gasteiger partial charge in [0.05, 0.1) is 6.04 Å². The molecule has 3 heteroatoms. The lowest BCUT2D eigenvalue weighted by Gasteiger charge is -2.37. The molecule has 2 aromatic rings. The molecular formula is C22H22BrNO. The van der Waals surface area contributed by atoms with Gasteiger partial charge in [-0.05, 0) is 66.3 Å². The number of allylic oxidation sites excluding steroid dienone is 2. The van der Waals surface area contributed by atoms with Crippen LogP contribution in [0, 0.1) is 5.92 Å². The number of anilines is 1. The minimum atomic E-state index is 0.336. The highest BCUT2D eigenvalue weighted by molar-refractivity contribution is 9.10. The zero-order chi connectivity index (χ0) is 17.4. The maximum absolute atomic E-state index is 5.85. The van der Waals surface area contributed by atoms with Gasteiger partial charge in [-0.1, -0.05) is 46.8 Å². The van der Waals surface area contributed by atoms with Crippen molar-refractivity contribution in [3.8, 4) is 5.75 Å². The first-order chi connectivity index (χ1) is 12.1. The van der Waals surface area contributed by atoms with E-state index < -0.39 is 0 Å². The maximum Gasteiger partial charge on any atom is 0.120 e. The predicted octanol–water partition coefficient (Wildman–Crippen LogP) is 6.23. The van der Waals surface area contributed by atoms with Crippen molar-refractivity contribution in [3.05, 3.63) is 82.4 Å². The minimum absolute atomic E-state index is 0.336. The largest absolute Gasteiger partial charge is 0.489 e. The fourth-order valence-corrected chi connectivity index (χ4v) is 4.13. The Kier molecular flexibility index (Phi) is 4.43. The van der Waals surface area contributed by atoms with Crippen LogP contribution < -0.4 is 10.1 Å². The first-order valence-corrected chi connectivity index (χ1v) is 9.51. The quantitative estimate of drug-likeness (QED) is 0.619. The van der Waals surface area contributed by atoms with Gasteiger partial charge < -0.3 is 10.1 Å². The topological polar surface area (TPSA) is 21.3 Å². The fourth-order valence-electron chi connectivity index (χ4n) is 3.87. The van der Waals surface area contributed by atoms with Crippen molar-refractivity contribution in [2.24, 2.45) is 5.92 Å². The Morgan fingerprint density at radius 2 is 2.04 bits per heavy atom. The van der Waals surface area contributed by atoms with Crippen LogP contribution in [0.3, 0.4) is 0 Å². The third-order valence-electron chi connectivity index (χ3n) is 5.05. The molecule has 2 aliphatic rings. The highest BCUT2D eigenvalue weighted by Gasteiger charge is 2.37. The number of hydrogen-bond acceptors (Lipinski definition) is 2. The zero-order valence-corrected chi connectivity index (χ0v) is 15.9. The SMILES string of the molecule is C=C(C)COc1ccc2c(c1)C1C=CCC1C(c1ccc(Br)cc1)N2. The molecule has 0 fully saturated rings. The molecule has 1 N–H and O–H groups in total. The van der Waals surface area contributed by atoms with Crippen molar-refractivity contribution >= 4 is 21.6 Å². The van der Waals surface area contributed by atoms with E-state index in [-0.39, 0.29) is 0 Å². The molecule has 3 atom stereocenters. The standard InChI is InChI=1S/C22H22BrNO/c1-14(2)13-25-17-10-11-21-20(12-17)18-4-3-5-19(18)22(24-21)15-6-8-16(23)9-7-15/h3-4,6-12,18-19,22,24H,1,5,13H2,2H3. The number of benzene rings is 2. The van der Waals surface area contributed by atoms with Gasteiger partial charge >= 0.3 is 0 Å². The van der Waals surface area contributed by atoms with Gasteiger partial charge in [-0.3, -0.25) is 0 Å². The summed E-state index contributed by atoms with van der Waals surface area (Å²) in [5, 5.41) is 3.77. The summed E-state index contributed by atoms with van der Waals surface area (Å²) in [6, 6.07) is 15.4. The lowest BCUT2D eigenvalue weighted by atomic mass is 9.77. The Morgan fingerprint density at radius 3 is 2.80 bits per heavy atom. The van der Waals surface area contributed by atoms with Crippen LogP contribution in [0.5, 0.6) is 5.75 Å². The Hall–Kier alpha value is -2.00. The number of halogens is 1. The van der Waals surface area contributed by atoms with E-state index in [4.69, 9.17) is 4.74 Å². The summed E-state index contributed by atoms with van der Waals surface area (Å²) < 4.78 is 6.97. The molecule has 128 valence electrons. The summed E-state index contributed by atoms with van der Waals surface area (Å²) >= 11 is 3.53. The van der Waals surface area contributed by atoms with Gasteiger partial charge in [-0.15, -0.1) is 0 Å². The molecule has 25 heavy (non-hydrogen) atoms. The van der Waals surface area contributed by atoms with E-state index in [1.807, 2.05) is 13.0 Å². The van der Waals surface area contributed by atoms with Gasteiger partial charge in [0, 0.05) is 16.1 Å². The Labute approximate surface area is 157 Å². The van der Waals surface area contributed by atoms with Gasteiger partial charge in [0.25, 0.3) is 0 Å². The lowest BCUT2D eigenvalue weighted by Crippen LogP contribution is -2.29. The summed E-state index contributed by atoms with van der Waals surface area (Å²) in [5.74, 6) is 1.91. The molecule has 1 aliphatic heterocycles. The molecule has 1 heterocycles. The molecule has 0 amide bonds. The zero-order valence-electron chi connectivity index (χ0n) is 14.3. The first-order valence-electron chi connectivity index (χ1n) is 8.71. The predicted molar refractivity (Wildman–Crippen MR) is 107 cm³/mol. The maximum atomic E-state index is 5.85. The third-order valence-corrected chi connectivity index (χ3v) is 5.58. The van der Waals surface area contributed by atoms with Gasteiger partial charge in [-0.25, -0.2) is 0 Å². The van der Waals surface area contributed by atoms with E-state index >= 15 is 0 Å². The van der Waals surface area contributed by atoms with Crippen LogP contribution in [0.25, 0.3) is 0 Å². The van der Waals surface area contributed by atoms with Gasteiger partial charge in [0.2, 0.25) is 0 Å². The third kappa shape index (κ3) is 3.25. The van der Waals surface area contributed by atoms with E-state index in [9.17, 15) is 0 Å². The number of nitrogens with one attached hydrogen (secondary N) is 1. The summed E-state index contributed by atoms with van der Waals surface area (Å²) in [6.07, 6.45) is 5.78. The molecule has 0 aromatic heterocycles. The number of fused-ring (bicyclic) bond motifs is 3. The summed E-state index contributed by atoms with van der Waals surface area (Å²) in [7, 11) is 0. The smallest absolute Gasteiger partial charge is 0.120 e. The Morgan fingerprint density at radius 1 is 1.24 bits per heavy atom. The fraction of sp³-hybridized carbons (Fsp3) is 0.273. The summed E-state index contributed by atoms with van der Waals surface area (Å²) in [5.41, 5.74) is 4.93. The van der Waals surface area contributed by atoms with Crippen LogP contribution in [-0.2, 0) is 0 Å². The van der Waals surface area contributed by atoms with E-state index in [0.29, 0.717) is 24.5 Å². The second-order valence-electron chi connectivity index (χ2n) is 7.02. The summed E-state index contributed by atoms with van der Waals surface area (Å²) in [4.78, 5) is 0. The Balaban J connectivity index is 1.66. The Bertz CT molecular complexity index is 824. The molecule has 2 aromatic carbocycles. The molecular weight excluding hydrogens is 374 g/mol. The second kappa shape index (κ2) is 6.72. The molecule has 4 rings (SSSR count). The molecule has 0 spiro atoms. The summed E-state index contributed by atoms with van der Waals surface area (Å²) in [6.45, 7) is 6.46. The highest BCUT2D eigenvalue weighted by Crippen LogP contribution is 2.50. The van der Waals surface area contributed by atoms with Crippen LogP contribution in [-0.4, -0.2) is 6.61 Å². The van der Waals surface area contributed by atoms with Gasteiger partial charge in [0.15, 0.2) is 0 Å². The van der Waals surface area contributed by atoms with Crippen LogP contribution >= 0.6 is 15.9 Å². The van der Waals surface area contributed by atoms with Crippen LogP contribution in [0.2, 0.25) is 0 Å². The number of ether oxygens (including phenoxy) is 1. The molecule has 2 nitrogen and oxygen atoms in total. The van der Waals surface area contributed by atoms with Crippen molar-refractivity contribution in [2.75, 3.05) is 11.9 Å². The van der Waals surface area contributed by atoms with Crippen LogP contribution in [0.4, 0.5) is 5.69 Å². The van der Waals surface area contributed by atoms with Crippen molar-refractivity contribution < 1.29 is 4.74 Å². The van der Waals surface area contributed by atoms with Gasteiger partial charge in [-0.2, -0.15) is 0 Å².